The van der Waals surface area contributed by atoms with Gasteiger partial charge in [0.2, 0.25) is 15.9 Å². The highest BCUT2D eigenvalue weighted by Crippen LogP contribution is 2.26. The van der Waals surface area contributed by atoms with E-state index in [1.807, 2.05) is 11.9 Å². The van der Waals surface area contributed by atoms with Crippen molar-refractivity contribution in [2.24, 2.45) is 0 Å². The number of hydrogen-bond acceptors (Lipinski definition) is 6. The minimum atomic E-state index is -3.51. The van der Waals surface area contributed by atoms with E-state index >= 15 is 0 Å². The minimum Gasteiger partial charge on any atom is -0.337 e. The number of carbonyl (C=O) groups excluding carboxylic acids is 1. The van der Waals surface area contributed by atoms with Crippen LogP contribution in [0.3, 0.4) is 0 Å². The predicted octanol–water partition coefficient (Wildman–Crippen LogP) is 2.68. The molecule has 1 aliphatic carbocycles. The van der Waals surface area contributed by atoms with Gasteiger partial charge in [0.15, 0.2) is 0 Å². The molecule has 2 aliphatic rings. The van der Waals surface area contributed by atoms with Crippen LogP contribution >= 0.6 is 11.8 Å². The number of amides is 1. The number of nitrogens with zero attached hydrogens (tertiary/aromatic N) is 4. The third-order valence-corrected chi connectivity index (χ3v) is 8.78. The fraction of sp³-hybridized carbons (Fsp3) is 0.714. The van der Waals surface area contributed by atoms with Gasteiger partial charge in [-0.05, 0) is 45.9 Å². The lowest BCUT2D eigenvalue weighted by molar-refractivity contribution is -0.133. The molecule has 30 heavy (non-hydrogen) atoms. The van der Waals surface area contributed by atoms with Crippen LogP contribution in [0.2, 0.25) is 0 Å². The van der Waals surface area contributed by atoms with Crippen LogP contribution in [0.1, 0.15) is 46.0 Å². The van der Waals surface area contributed by atoms with E-state index in [1.54, 1.807) is 12.1 Å². The highest BCUT2D eigenvalue weighted by atomic mass is 32.2. The minimum absolute atomic E-state index is 0.137. The molecular weight excluding hydrogens is 420 g/mol. The molecule has 0 spiro atoms. The third-order valence-electron chi connectivity index (χ3n) is 5.97. The van der Waals surface area contributed by atoms with E-state index in [2.05, 4.69) is 23.7 Å². The molecule has 0 aromatic carbocycles. The van der Waals surface area contributed by atoms with Crippen molar-refractivity contribution in [2.75, 3.05) is 39.0 Å². The Hall–Kier alpha value is -1.16. The molecule has 0 N–H and O–H groups in total. The summed E-state index contributed by atoms with van der Waals surface area (Å²) >= 11 is 1.38. The SMILES string of the molecule is CC(C)N(C(=O)CSc1ccc(S(=O)(=O)N2CCN(C)CC2)cn1)C1CCCCC1. The number of thioether (sulfide) groups is 1. The quantitative estimate of drug-likeness (QED) is 0.590. The molecule has 0 unspecified atom stereocenters. The van der Waals surface area contributed by atoms with Gasteiger partial charge in [-0.25, -0.2) is 13.4 Å². The van der Waals surface area contributed by atoms with Gasteiger partial charge in [0.05, 0.1) is 10.8 Å². The highest BCUT2D eigenvalue weighted by molar-refractivity contribution is 7.99. The molecule has 0 bridgehead atoms. The maximum atomic E-state index is 12.9. The second-order valence-electron chi connectivity index (χ2n) is 8.51. The smallest absolute Gasteiger partial charge is 0.244 e. The van der Waals surface area contributed by atoms with Crippen LogP contribution < -0.4 is 0 Å². The lowest BCUT2D eigenvalue weighted by atomic mass is 9.93. The number of hydrogen-bond donors (Lipinski definition) is 0. The number of aromatic nitrogens is 1. The van der Waals surface area contributed by atoms with Crippen molar-refractivity contribution >= 4 is 27.7 Å². The van der Waals surface area contributed by atoms with E-state index in [9.17, 15) is 13.2 Å². The predicted molar refractivity (Wildman–Crippen MR) is 120 cm³/mol. The summed E-state index contributed by atoms with van der Waals surface area (Å²) in [5.74, 6) is 0.463. The molecule has 1 saturated heterocycles. The van der Waals surface area contributed by atoms with E-state index in [0.717, 1.165) is 25.9 Å². The molecule has 168 valence electrons. The standard InChI is InChI=1S/C21H34N4O3S2/c1-17(2)25(18-7-5-4-6-8-18)21(26)16-29-20-10-9-19(15-22-20)30(27,28)24-13-11-23(3)12-14-24/h9-10,15,17-18H,4-8,11-14,16H2,1-3H3. The van der Waals surface area contributed by atoms with Crippen LogP contribution in [0.15, 0.2) is 28.3 Å². The van der Waals surface area contributed by atoms with Crippen molar-refractivity contribution in [3.05, 3.63) is 18.3 Å². The van der Waals surface area contributed by atoms with Gasteiger partial charge in [0, 0.05) is 44.5 Å². The Labute approximate surface area is 185 Å². The topological polar surface area (TPSA) is 73.8 Å². The Morgan fingerprint density at radius 2 is 1.83 bits per heavy atom. The fourth-order valence-electron chi connectivity index (χ4n) is 4.26. The molecule has 1 saturated carbocycles. The number of likely N-dealkylation sites (N-methyl/N-ethyl adjacent to an activating group) is 1. The average molecular weight is 455 g/mol. The molecule has 1 aromatic rings. The van der Waals surface area contributed by atoms with E-state index in [-0.39, 0.29) is 16.8 Å². The first-order valence-corrected chi connectivity index (χ1v) is 13.3. The molecular formula is C21H34N4O3S2. The van der Waals surface area contributed by atoms with Crippen molar-refractivity contribution in [3.63, 3.8) is 0 Å². The van der Waals surface area contributed by atoms with E-state index < -0.39 is 10.0 Å². The summed E-state index contributed by atoms with van der Waals surface area (Å²) in [6.07, 6.45) is 7.25. The van der Waals surface area contributed by atoms with Gasteiger partial charge in [-0.15, -0.1) is 0 Å². The summed E-state index contributed by atoms with van der Waals surface area (Å²) in [4.78, 5) is 21.6. The molecule has 0 radical (unpaired) electrons. The monoisotopic (exact) mass is 454 g/mol. The number of rotatable bonds is 7. The van der Waals surface area contributed by atoms with Gasteiger partial charge in [-0.2, -0.15) is 4.31 Å². The van der Waals surface area contributed by atoms with Crippen molar-refractivity contribution in [3.8, 4) is 0 Å². The number of carbonyl (C=O) groups is 1. The summed E-state index contributed by atoms with van der Waals surface area (Å²) in [5.41, 5.74) is 0. The number of pyridine rings is 1. The zero-order valence-corrected chi connectivity index (χ0v) is 19.9. The number of sulfonamides is 1. The molecule has 1 aromatic heterocycles. The zero-order chi connectivity index (χ0) is 21.7. The van der Waals surface area contributed by atoms with Gasteiger partial charge < -0.3 is 9.80 Å². The van der Waals surface area contributed by atoms with Gasteiger partial charge in [-0.1, -0.05) is 31.0 Å². The van der Waals surface area contributed by atoms with Crippen LogP contribution in [0.25, 0.3) is 0 Å². The normalized spacial score (nSPS) is 19.9. The summed E-state index contributed by atoms with van der Waals surface area (Å²) < 4.78 is 27.1. The molecule has 9 heteroatoms. The Morgan fingerprint density at radius 3 is 2.40 bits per heavy atom. The molecule has 3 rings (SSSR count). The molecule has 0 atom stereocenters. The van der Waals surface area contributed by atoms with Crippen molar-refractivity contribution in [2.45, 2.75) is 68.0 Å². The second-order valence-corrected chi connectivity index (χ2v) is 11.4. The van der Waals surface area contributed by atoms with Gasteiger partial charge in [0.25, 0.3) is 0 Å². The number of piperazine rings is 1. The van der Waals surface area contributed by atoms with Crippen LogP contribution in [-0.2, 0) is 14.8 Å². The molecule has 7 nitrogen and oxygen atoms in total. The fourth-order valence-corrected chi connectivity index (χ4v) is 6.34. The van der Waals surface area contributed by atoms with Crippen LogP contribution in [0, 0.1) is 0 Å². The van der Waals surface area contributed by atoms with Crippen molar-refractivity contribution in [1.82, 2.24) is 19.1 Å². The van der Waals surface area contributed by atoms with E-state index in [4.69, 9.17) is 0 Å². The molecule has 2 fully saturated rings. The first kappa shape index (κ1) is 23.5. The van der Waals surface area contributed by atoms with E-state index in [1.165, 1.54) is 41.5 Å². The zero-order valence-electron chi connectivity index (χ0n) is 18.3. The lowest BCUT2D eigenvalue weighted by Crippen LogP contribution is -2.47. The largest absolute Gasteiger partial charge is 0.337 e. The van der Waals surface area contributed by atoms with Gasteiger partial charge >= 0.3 is 0 Å². The Balaban J connectivity index is 1.59. The summed E-state index contributed by atoms with van der Waals surface area (Å²) in [5, 5.41) is 0.674. The summed E-state index contributed by atoms with van der Waals surface area (Å²) in [7, 11) is -1.52. The lowest BCUT2D eigenvalue weighted by Gasteiger charge is -2.37. The summed E-state index contributed by atoms with van der Waals surface area (Å²) in [6, 6.07) is 3.84. The first-order valence-electron chi connectivity index (χ1n) is 10.9. The van der Waals surface area contributed by atoms with Crippen molar-refractivity contribution in [1.29, 1.82) is 0 Å². The molecule has 1 amide bonds. The maximum absolute atomic E-state index is 12.9. The van der Waals surface area contributed by atoms with E-state index in [0.29, 0.717) is 29.9 Å². The van der Waals surface area contributed by atoms with Crippen LogP contribution in [-0.4, -0.2) is 84.5 Å². The average Bonchev–Trinajstić information content (AvgIpc) is 2.73. The third kappa shape index (κ3) is 5.75. The highest BCUT2D eigenvalue weighted by Gasteiger charge is 2.29. The summed E-state index contributed by atoms with van der Waals surface area (Å²) in [6.45, 7) is 6.61. The Morgan fingerprint density at radius 1 is 1.17 bits per heavy atom. The molecule has 1 aliphatic heterocycles. The molecule has 2 heterocycles. The van der Waals surface area contributed by atoms with Crippen LogP contribution in [0.4, 0.5) is 0 Å². The van der Waals surface area contributed by atoms with Gasteiger partial charge in [0.1, 0.15) is 4.90 Å². The Bertz CT molecular complexity index is 800. The van der Waals surface area contributed by atoms with Crippen LogP contribution in [0.5, 0.6) is 0 Å². The van der Waals surface area contributed by atoms with Crippen molar-refractivity contribution < 1.29 is 13.2 Å². The maximum Gasteiger partial charge on any atom is 0.244 e. The first-order chi connectivity index (χ1) is 14.3. The second kappa shape index (κ2) is 10.4. The van der Waals surface area contributed by atoms with Gasteiger partial charge in [-0.3, -0.25) is 4.79 Å². The Kier molecular flexibility index (Phi) is 8.17.